The van der Waals surface area contributed by atoms with Crippen LogP contribution in [0.5, 0.6) is 11.5 Å². The van der Waals surface area contributed by atoms with Gasteiger partial charge in [0.2, 0.25) is 0 Å². The van der Waals surface area contributed by atoms with Crippen LogP contribution in [0.15, 0.2) is 58.5 Å². The highest BCUT2D eigenvalue weighted by atomic mass is 32.2. The number of hydrogen-bond acceptors (Lipinski definition) is 16. The van der Waals surface area contributed by atoms with Crippen LogP contribution in [-0.2, 0) is 46.4 Å². The molecule has 68 heavy (non-hydrogen) atoms. The van der Waals surface area contributed by atoms with Crippen molar-refractivity contribution in [3.8, 4) is 11.5 Å². The van der Waals surface area contributed by atoms with Crippen LogP contribution in [0.3, 0.4) is 0 Å². The molecular formula is C50H74N4O12S2. The first-order valence-corrected chi connectivity index (χ1v) is 25.3. The molecule has 4 heterocycles. The minimum atomic E-state index is -0.662. The molecule has 2 aromatic carbocycles. The van der Waals surface area contributed by atoms with Gasteiger partial charge >= 0.3 is 12.2 Å². The third kappa shape index (κ3) is 14.6. The van der Waals surface area contributed by atoms with Gasteiger partial charge in [-0.1, -0.05) is 75.5 Å². The number of fused-ring (bicyclic) bond motifs is 2. The molecule has 1 unspecified atom stereocenters. The zero-order chi connectivity index (χ0) is 50.1. The van der Waals surface area contributed by atoms with Gasteiger partial charge in [-0.15, -0.1) is 0 Å². The number of hydrogen-bond donors (Lipinski definition) is 1. The Balaban J connectivity index is 0.000000254. The van der Waals surface area contributed by atoms with E-state index >= 15 is 0 Å². The van der Waals surface area contributed by atoms with E-state index in [0.29, 0.717) is 36.6 Å². The molecule has 378 valence electrons. The summed E-state index contributed by atoms with van der Waals surface area (Å²) < 4.78 is 46.8. The van der Waals surface area contributed by atoms with Crippen molar-refractivity contribution in [1.29, 1.82) is 0 Å². The molecule has 0 aliphatic carbocycles. The molecule has 4 aliphatic rings. The third-order valence-electron chi connectivity index (χ3n) is 11.5. The van der Waals surface area contributed by atoms with Crippen LogP contribution in [0.4, 0.5) is 9.59 Å². The number of nitrogens with zero attached hydrogens (tertiary/aromatic N) is 4. The van der Waals surface area contributed by atoms with Crippen LogP contribution >= 0.6 is 23.5 Å². The predicted octanol–water partition coefficient (Wildman–Crippen LogP) is 9.09. The topological polar surface area (TPSA) is 176 Å². The molecule has 2 aromatic rings. The summed E-state index contributed by atoms with van der Waals surface area (Å²) in [5.41, 5.74) is 0.0178. The van der Waals surface area contributed by atoms with E-state index in [-0.39, 0.29) is 47.3 Å². The Morgan fingerprint density at radius 3 is 1.44 bits per heavy atom. The number of amidine groups is 2. The summed E-state index contributed by atoms with van der Waals surface area (Å²) in [6.07, 6.45) is -1.63. The summed E-state index contributed by atoms with van der Waals surface area (Å²) in [4.78, 5) is 51.1. The van der Waals surface area contributed by atoms with Gasteiger partial charge in [0.05, 0.1) is 51.8 Å². The Bertz CT molecular complexity index is 2040. The predicted molar refractivity (Wildman–Crippen MR) is 265 cm³/mol. The smallest absolute Gasteiger partial charge is 0.416 e. The maximum absolute atomic E-state index is 12.9. The number of aliphatic imine (C=N–C) groups is 2. The number of benzene rings is 2. The van der Waals surface area contributed by atoms with Gasteiger partial charge < -0.3 is 43.0 Å². The van der Waals surface area contributed by atoms with Crippen molar-refractivity contribution in [2.45, 2.75) is 174 Å². The fourth-order valence-corrected chi connectivity index (χ4v) is 10.6. The van der Waals surface area contributed by atoms with Crippen molar-refractivity contribution >= 4 is 51.8 Å². The van der Waals surface area contributed by atoms with Crippen molar-refractivity contribution in [2.75, 3.05) is 27.3 Å². The first kappa shape index (κ1) is 55.0. The Kier molecular flexibility index (Phi) is 19.6. The van der Waals surface area contributed by atoms with E-state index in [4.69, 9.17) is 47.9 Å². The Hall–Kier alpha value is -3.91. The largest absolute Gasteiger partial charge is 0.497 e. The minimum Gasteiger partial charge on any atom is -0.497 e. The van der Waals surface area contributed by atoms with E-state index < -0.39 is 47.1 Å². The number of carbonyl (C=O) groups is 3. The van der Waals surface area contributed by atoms with Gasteiger partial charge in [0.25, 0.3) is 0 Å². The maximum atomic E-state index is 12.9. The molecule has 18 heteroatoms. The monoisotopic (exact) mass is 986 g/mol. The van der Waals surface area contributed by atoms with Gasteiger partial charge in [0.15, 0.2) is 16.1 Å². The third-order valence-corrected chi connectivity index (χ3v) is 13.8. The lowest BCUT2D eigenvalue weighted by atomic mass is 9.87. The van der Waals surface area contributed by atoms with Crippen LogP contribution in [0.2, 0.25) is 0 Å². The Morgan fingerprint density at radius 2 is 1.09 bits per heavy atom. The number of ketones is 1. The normalized spacial score (nSPS) is 27.0. The summed E-state index contributed by atoms with van der Waals surface area (Å²) in [5, 5.41) is 11.5. The molecule has 16 nitrogen and oxygen atoms in total. The number of aliphatic hydroxyl groups excluding tert-OH is 1. The van der Waals surface area contributed by atoms with Crippen molar-refractivity contribution in [3.05, 3.63) is 59.7 Å². The Morgan fingerprint density at radius 1 is 0.691 bits per heavy atom. The van der Waals surface area contributed by atoms with Crippen LogP contribution in [0.1, 0.15) is 107 Å². The van der Waals surface area contributed by atoms with Crippen molar-refractivity contribution < 1.29 is 57.4 Å². The van der Waals surface area contributed by atoms with Gasteiger partial charge in [0, 0.05) is 24.9 Å². The van der Waals surface area contributed by atoms with Gasteiger partial charge in [-0.3, -0.25) is 24.6 Å². The molecule has 2 saturated heterocycles. The fraction of sp³-hybridized carbons (Fsp3) is 0.660. The van der Waals surface area contributed by atoms with Crippen molar-refractivity contribution in [2.24, 2.45) is 21.8 Å². The summed E-state index contributed by atoms with van der Waals surface area (Å²) in [6.45, 7) is 24.0. The van der Waals surface area contributed by atoms with E-state index in [1.165, 1.54) is 30.4 Å². The van der Waals surface area contributed by atoms with Crippen LogP contribution in [0, 0.1) is 11.8 Å². The van der Waals surface area contributed by atoms with Crippen LogP contribution in [-0.4, -0.2) is 135 Å². The zero-order valence-electron chi connectivity index (χ0n) is 42.3. The molecule has 0 radical (unpaired) electrons. The molecular weight excluding hydrogens is 913 g/mol. The van der Waals surface area contributed by atoms with Gasteiger partial charge in [0.1, 0.15) is 51.8 Å². The lowest BCUT2D eigenvalue weighted by Gasteiger charge is -2.42. The summed E-state index contributed by atoms with van der Waals surface area (Å²) in [5.74, 6) is 1.23. The quantitative estimate of drug-likeness (QED) is 0.190. The Labute approximate surface area is 411 Å². The highest BCUT2D eigenvalue weighted by Crippen LogP contribution is 2.43. The van der Waals surface area contributed by atoms with Crippen LogP contribution < -0.4 is 9.47 Å². The van der Waals surface area contributed by atoms with Crippen LogP contribution in [0.25, 0.3) is 0 Å². The van der Waals surface area contributed by atoms with Gasteiger partial charge in [-0.05, 0) is 104 Å². The fourth-order valence-electron chi connectivity index (χ4n) is 8.21. The molecule has 0 aromatic heterocycles. The maximum Gasteiger partial charge on any atom is 0.416 e. The molecule has 2 amide bonds. The number of rotatable bonds is 14. The lowest BCUT2D eigenvalue weighted by Crippen LogP contribution is -2.54. The number of Topliss-reactive ketones (excluding diaryl/α,β-unsaturated/α-hetero) is 1. The molecule has 0 bridgehead atoms. The average Bonchev–Trinajstić information content (AvgIpc) is 3.90. The zero-order valence-corrected chi connectivity index (χ0v) is 43.9. The van der Waals surface area contributed by atoms with Crippen molar-refractivity contribution in [1.82, 2.24) is 9.80 Å². The van der Waals surface area contributed by atoms with E-state index in [9.17, 15) is 19.5 Å². The van der Waals surface area contributed by atoms with E-state index in [0.717, 1.165) is 35.5 Å². The molecule has 2 fully saturated rings. The number of thioether (sulfide) groups is 2. The summed E-state index contributed by atoms with van der Waals surface area (Å²) in [6, 6.07) is 14.8. The van der Waals surface area contributed by atoms with Gasteiger partial charge in [-0.25, -0.2) is 9.59 Å². The molecule has 11 atom stereocenters. The number of ether oxygens (including phenoxy) is 8. The standard InChI is InChI=1S/C25H38N2O6S.C25H36N2O6S/c2*1-8-13-27(24(29)33-25(4,5)6)23-26-19-21(15(2)20(16(3)28)32-22(19)34-23)31-14-17-9-11-18(30-7)12-10-17/h9-12,15-16,19-22,28H,8,13-14H2,1-7H3;9-12,15,19-22H,8,13-14H2,1-7H3/t15-,16?,19-,20+,21+,22-;15-,19-,20+,21+,22-/m11/s1. The number of aliphatic hydroxyl groups is 1. The van der Waals surface area contributed by atoms with E-state index in [1.54, 1.807) is 30.9 Å². The second-order valence-electron chi connectivity index (χ2n) is 19.5. The number of methoxy groups -OCH3 is 2. The molecule has 0 spiro atoms. The lowest BCUT2D eigenvalue weighted by molar-refractivity contribution is -0.165. The highest BCUT2D eigenvalue weighted by molar-refractivity contribution is 8.14. The molecule has 6 rings (SSSR count). The first-order valence-electron chi connectivity index (χ1n) is 23.6. The summed E-state index contributed by atoms with van der Waals surface area (Å²) in [7, 11) is 3.27. The van der Waals surface area contributed by atoms with Gasteiger partial charge in [-0.2, -0.15) is 0 Å². The SMILES string of the molecule is CCCN(C(=O)OC(C)(C)C)C1=N[C@@H]2[C@@H](OCc3ccc(OC)cc3)[C@H](C)[C@@H](C(C)=O)O[C@@H]2S1.CCCN(C(=O)OC(C)(C)C)C1=N[C@@H]2[C@@H](OCc3ccc(OC)cc3)[C@H](C)[C@@H](C(C)O)O[C@@H]2S1. The molecule has 1 N–H and O–H groups in total. The number of amides is 2. The first-order chi connectivity index (χ1) is 32.1. The number of carbonyl (C=O) groups excluding carboxylic acids is 3. The average molecular weight is 987 g/mol. The molecule has 4 aliphatic heterocycles. The highest BCUT2D eigenvalue weighted by Gasteiger charge is 2.52. The summed E-state index contributed by atoms with van der Waals surface area (Å²) >= 11 is 2.75. The molecule has 0 saturated carbocycles. The second kappa shape index (κ2) is 24.3. The van der Waals surface area contributed by atoms with Crippen molar-refractivity contribution in [3.63, 3.8) is 0 Å². The van der Waals surface area contributed by atoms with E-state index in [2.05, 4.69) is 0 Å². The second-order valence-corrected chi connectivity index (χ2v) is 21.6. The minimum absolute atomic E-state index is 0.0457. The van der Waals surface area contributed by atoms with E-state index in [1.807, 2.05) is 118 Å².